The molecular weight excluding hydrogens is 368 g/mol. The zero-order chi connectivity index (χ0) is 20.0. The van der Waals surface area contributed by atoms with Gasteiger partial charge in [-0.3, -0.25) is 0 Å². The third-order valence-electron chi connectivity index (χ3n) is 5.40. The van der Waals surface area contributed by atoms with Crippen LogP contribution in [0.15, 0.2) is 64.1 Å². The van der Waals surface area contributed by atoms with Crippen LogP contribution in [0.4, 0.5) is 0 Å². The highest BCUT2D eigenvalue weighted by molar-refractivity contribution is 5.99. The number of aryl methyl sites for hydroxylation is 1. The first-order valence-electron chi connectivity index (χ1n) is 9.58. The molecule has 0 saturated carbocycles. The Bertz CT molecular complexity index is 1090. The molecule has 0 aliphatic carbocycles. The number of para-hydroxylation sites is 1. The number of hydrazone groups is 1. The van der Waals surface area contributed by atoms with Crippen molar-refractivity contribution in [3.05, 3.63) is 77.2 Å². The van der Waals surface area contributed by atoms with Crippen LogP contribution in [0, 0.1) is 6.92 Å². The maximum atomic E-state index is 6.45. The Balaban J connectivity index is 1.62. The SMILES string of the molecule is COc1cccc([C@@H]2Oc3c(OC)cccc3[C@H]3CC(c4ccc(C)o4)=NN32)c1. The van der Waals surface area contributed by atoms with Gasteiger partial charge in [-0.05, 0) is 37.3 Å². The van der Waals surface area contributed by atoms with Gasteiger partial charge < -0.3 is 18.6 Å². The number of methoxy groups -OCH3 is 2. The van der Waals surface area contributed by atoms with Crippen LogP contribution in [0.1, 0.15) is 41.3 Å². The van der Waals surface area contributed by atoms with Crippen LogP contribution in [0.2, 0.25) is 0 Å². The number of furan rings is 1. The maximum absolute atomic E-state index is 6.45. The minimum absolute atomic E-state index is 0.0328. The van der Waals surface area contributed by atoms with E-state index in [1.165, 1.54) is 0 Å². The lowest BCUT2D eigenvalue weighted by Gasteiger charge is -2.38. The summed E-state index contributed by atoms with van der Waals surface area (Å²) in [5.41, 5.74) is 2.94. The minimum Gasteiger partial charge on any atom is -0.497 e. The predicted octanol–water partition coefficient (Wildman–Crippen LogP) is 4.85. The van der Waals surface area contributed by atoms with Gasteiger partial charge in [0.2, 0.25) is 6.23 Å². The summed E-state index contributed by atoms with van der Waals surface area (Å²) in [6, 6.07) is 17.8. The molecule has 0 N–H and O–H groups in total. The van der Waals surface area contributed by atoms with E-state index in [-0.39, 0.29) is 6.04 Å². The normalized spacial score (nSPS) is 19.8. The Morgan fingerprint density at radius 2 is 1.90 bits per heavy atom. The lowest BCUT2D eigenvalue weighted by molar-refractivity contribution is -0.0210. The van der Waals surface area contributed by atoms with Gasteiger partial charge in [0.05, 0.1) is 20.3 Å². The molecule has 148 valence electrons. The topological polar surface area (TPSA) is 56.4 Å². The van der Waals surface area contributed by atoms with Gasteiger partial charge in [-0.25, -0.2) is 5.01 Å². The Hall–Kier alpha value is -3.41. The second kappa shape index (κ2) is 6.88. The molecule has 0 fully saturated rings. The highest BCUT2D eigenvalue weighted by Crippen LogP contribution is 2.50. The first-order chi connectivity index (χ1) is 14.2. The number of hydrogen-bond donors (Lipinski definition) is 0. The van der Waals surface area contributed by atoms with E-state index < -0.39 is 6.23 Å². The first kappa shape index (κ1) is 17.7. The highest BCUT2D eigenvalue weighted by atomic mass is 16.5. The molecule has 2 aliphatic rings. The molecule has 2 atom stereocenters. The number of nitrogens with zero attached hydrogens (tertiary/aromatic N) is 2. The van der Waals surface area contributed by atoms with Crippen molar-refractivity contribution in [3.63, 3.8) is 0 Å². The summed E-state index contributed by atoms with van der Waals surface area (Å²) >= 11 is 0. The van der Waals surface area contributed by atoms with E-state index in [1.807, 2.05) is 60.5 Å². The third-order valence-corrected chi connectivity index (χ3v) is 5.40. The monoisotopic (exact) mass is 390 g/mol. The predicted molar refractivity (Wildman–Crippen MR) is 109 cm³/mol. The minimum atomic E-state index is -0.396. The summed E-state index contributed by atoms with van der Waals surface area (Å²) < 4.78 is 23.3. The van der Waals surface area contributed by atoms with Crippen LogP contribution >= 0.6 is 0 Å². The molecule has 5 rings (SSSR count). The van der Waals surface area contributed by atoms with E-state index >= 15 is 0 Å². The maximum Gasteiger partial charge on any atom is 0.214 e. The van der Waals surface area contributed by atoms with E-state index in [4.69, 9.17) is 23.7 Å². The molecule has 0 bridgehead atoms. The lowest BCUT2D eigenvalue weighted by Crippen LogP contribution is -2.33. The molecule has 0 saturated heterocycles. The summed E-state index contributed by atoms with van der Waals surface area (Å²) in [7, 11) is 3.32. The molecule has 3 heterocycles. The molecule has 0 amide bonds. The van der Waals surface area contributed by atoms with Gasteiger partial charge in [-0.1, -0.05) is 24.3 Å². The molecule has 2 aromatic carbocycles. The van der Waals surface area contributed by atoms with Crippen LogP contribution in [-0.2, 0) is 0 Å². The molecule has 6 heteroatoms. The van der Waals surface area contributed by atoms with Gasteiger partial charge in [0, 0.05) is 17.5 Å². The lowest BCUT2D eigenvalue weighted by atomic mass is 9.97. The summed E-state index contributed by atoms with van der Waals surface area (Å²) in [6.07, 6.45) is 0.337. The number of ether oxygens (including phenoxy) is 3. The number of fused-ring (bicyclic) bond motifs is 3. The van der Waals surface area contributed by atoms with E-state index in [0.717, 1.165) is 52.0 Å². The summed E-state index contributed by atoms with van der Waals surface area (Å²) in [6.45, 7) is 1.94. The zero-order valence-corrected chi connectivity index (χ0v) is 16.6. The molecule has 2 aliphatic heterocycles. The van der Waals surface area contributed by atoms with Gasteiger partial charge in [0.1, 0.15) is 23.0 Å². The summed E-state index contributed by atoms with van der Waals surface area (Å²) in [5.74, 6) is 3.92. The van der Waals surface area contributed by atoms with Gasteiger partial charge >= 0.3 is 0 Å². The standard InChI is InChI=1S/C23H22N2O4/c1-14-10-11-20(28-14)18-13-19-17-8-5-9-21(27-3)22(17)29-23(25(19)24-18)15-6-4-7-16(12-15)26-2/h4-12,19,23H,13H2,1-3H3/t19-,23+/m1/s1. The Labute approximate surface area is 169 Å². The highest BCUT2D eigenvalue weighted by Gasteiger charge is 2.42. The van der Waals surface area contributed by atoms with Crippen molar-refractivity contribution in [1.29, 1.82) is 0 Å². The second-order valence-corrected chi connectivity index (χ2v) is 7.18. The van der Waals surface area contributed by atoms with Crippen LogP contribution in [0.5, 0.6) is 17.2 Å². The number of rotatable bonds is 4. The average Bonchev–Trinajstić information content (AvgIpc) is 3.39. The fraction of sp³-hybridized carbons (Fsp3) is 0.261. The Kier molecular flexibility index (Phi) is 4.19. The number of hydrogen-bond acceptors (Lipinski definition) is 6. The fourth-order valence-corrected chi connectivity index (χ4v) is 4.00. The van der Waals surface area contributed by atoms with Gasteiger partial charge in [-0.15, -0.1) is 0 Å². The Morgan fingerprint density at radius 1 is 1.03 bits per heavy atom. The third kappa shape index (κ3) is 2.92. The van der Waals surface area contributed by atoms with Crippen molar-refractivity contribution in [2.75, 3.05) is 14.2 Å². The van der Waals surface area contributed by atoms with Crippen molar-refractivity contribution >= 4 is 5.71 Å². The molecule has 29 heavy (non-hydrogen) atoms. The van der Waals surface area contributed by atoms with Crippen LogP contribution < -0.4 is 14.2 Å². The van der Waals surface area contributed by atoms with E-state index in [1.54, 1.807) is 14.2 Å². The fourth-order valence-electron chi connectivity index (χ4n) is 4.00. The van der Waals surface area contributed by atoms with Gasteiger partial charge in [0.25, 0.3) is 0 Å². The van der Waals surface area contributed by atoms with Crippen LogP contribution in [-0.4, -0.2) is 24.9 Å². The van der Waals surface area contributed by atoms with Gasteiger partial charge in [-0.2, -0.15) is 5.10 Å². The van der Waals surface area contributed by atoms with E-state index in [2.05, 4.69) is 6.07 Å². The zero-order valence-electron chi connectivity index (χ0n) is 16.6. The largest absolute Gasteiger partial charge is 0.497 e. The molecule has 0 radical (unpaired) electrons. The van der Waals surface area contributed by atoms with Crippen molar-refractivity contribution in [1.82, 2.24) is 5.01 Å². The average molecular weight is 390 g/mol. The van der Waals surface area contributed by atoms with Crippen molar-refractivity contribution < 1.29 is 18.6 Å². The van der Waals surface area contributed by atoms with Crippen LogP contribution in [0.3, 0.4) is 0 Å². The quantitative estimate of drug-likeness (QED) is 0.638. The van der Waals surface area contributed by atoms with Crippen molar-refractivity contribution in [2.24, 2.45) is 5.10 Å². The molecule has 6 nitrogen and oxygen atoms in total. The smallest absolute Gasteiger partial charge is 0.214 e. The molecule has 0 spiro atoms. The van der Waals surface area contributed by atoms with Crippen LogP contribution in [0.25, 0.3) is 0 Å². The van der Waals surface area contributed by atoms with E-state index in [9.17, 15) is 0 Å². The van der Waals surface area contributed by atoms with Gasteiger partial charge in [0.15, 0.2) is 11.5 Å². The number of benzene rings is 2. The van der Waals surface area contributed by atoms with Crippen molar-refractivity contribution in [3.8, 4) is 17.2 Å². The summed E-state index contributed by atoms with van der Waals surface area (Å²) in [4.78, 5) is 0. The first-order valence-corrected chi connectivity index (χ1v) is 9.58. The van der Waals surface area contributed by atoms with E-state index in [0.29, 0.717) is 0 Å². The Morgan fingerprint density at radius 3 is 2.66 bits per heavy atom. The summed E-state index contributed by atoms with van der Waals surface area (Å²) in [5, 5.41) is 6.93. The molecule has 0 unspecified atom stereocenters. The van der Waals surface area contributed by atoms with Crippen molar-refractivity contribution in [2.45, 2.75) is 25.6 Å². The molecular formula is C23H22N2O4. The molecule has 3 aromatic rings. The second-order valence-electron chi connectivity index (χ2n) is 7.18. The molecule has 1 aromatic heterocycles.